The highest BCUT2D eigenvalue weighted by molar-refractivity contribution is 7.91. The van der Waals surface area contributed by atoms with Gasteiger partial charge in [0.1, 0.15) is 6.61 Å². The van der Waals surface area contributed by atoms with Crippen molar-refractivity contribution >= 4 is 16.0 Å². The van der Waals surface area contributed by atoms with Gasteiger partial charge >= 0.3 is 5.97 Å². The molecule has 2 aromatic rings. The van der Waals surface area contributed by atoms with Crippen molar-refractivity contribution in [2.45, 2.75) is 44.3 Å². The van der Waals surface area contributed by atoms with Crippen LogP contribution in [0.25, 0.3) is 11.3 Å². The summed E-state index contributed by atoms with van der Waals surface area (Å²) in [6, 6.07) is 11.9. The van der Waals surface area contributed by atoms with Gasteiger partial charge in [-0.15, -0.1) is 0 Å². The van der Waals surface area contributed by atoms with Crippen LogP contribution in [0.15, 0.2) is 36.4 Å². The Morgan fingerprint density at radius 1 is 1.18 bits per heavy atom. The number of carboxylic acid groups (broad SMARTS) is 1. The number of nitrogens with zero attached hydrogens (tertiary/aromatic N) is 2. The number of aryl methyl sites for hydroxylation is 1. The molecule has 0 amide bonds. The molecule has 1 N–H and O–H groups in total. The van der Waals surface area contributed by atoms with Crippen LogP contribution in [-0.4, -0.2) is 66.9 Å². The highest BCUT2D eigenvalue weighted by atomic mass is 32.2. The van der Waals surface area contributed by atoms with Crippen LogP contribution in [0.2, 0.25) is 0 Å². The second-order valence-electron chi connectivity index (χ2n) is 8.77. The first kappa shape index (κ1) is 25.1. The van der Waals surface area contributed by atoms with Crippen LogP contribution in [0, 0.1) is 6.92 Å². The number of methoxy groups -OCH3 is 1. The molecule has 0 atom stereocenters. The number of carboxylic acids is 1. The largest absolute Gasteiger partial charge is 0.480 e. The number of sulfonamides is 1. The van der Waals surface area contributed by atoms with Gasteiger partial charge in [-0.2, -0.15) is 0 Å². The quantitative estimate of drug-likeness (QED) is 0.553. The number of aromatic nitrogens is 1. The Bertz CT molecular complexity index is 1090. The predicted molar refractivity (Wildman–Crippen MR) is 126 cm³/mol. The van der Waals surface area contributed by atoms with Crippen LogP contribution in [0.5, 0.6) is 5.88 Å². The molecular formula is C24H32N2O6S. The minimum atomic E-state index is -3.92. The summed E-state index contributed by atoms with van der Waals surface area (Å²) in [7, 11) is -2.30. The Hall–Kier alpha value is -2.49. The smallest absolute Gasteiger partial charge is 0.325 e. The summed E-state index contributed by atoms with van der Waals surface area (Å²) in [6.45, 7) is 6.07. The summed E-state index contributed by atoms with van der Waals surface area (Å²) >= 11 is 0. The zero-order chi connectivity index (χ0) is 24.2. The van der Waals surface area contributed by atoms with E-state index in [0.29, 0.717) is 45.0 Å². The van der Waals surface area contributed by atoms with Crippen LogP contribution in [0.3, 0.4) is 0 Å². The highest BCUT2D eigenvalue weighted by Gasteiger charge is 2.46. The van der Waals surface area contributed by atoms with Gasteiger partial charge in [-0.3, -0.25) is 4.79 Å². The zero-order valence-corrected chi connectivity index (χ0v) is 20.4. The van der Waals surface area contributed by atoms with E-state index in [2.05, 4.69) is 17.1 Å². The zero-order valence-electron chi connectivity index (χ0n) is 19.6. The lowest BCUT2D eigenvalue weighted by molar-refractivity contribution is -0.139. The molecule has 2 heterocycles. The highest BCUT2D eigenvalue weighted by Crippen LogP contribution is 2.34. The Balaban J connectivity index is 1.71. The van der Waals surface area contributed by atoms with Crippen molar-refractivity contribution in [3.05, 3.63) is 47.5 Å². The van der Waals surface area contributed by atoms with Crippen molar-refractivity contribution in [1.29, 1.82) is 0 Å². The monoisotopic (exact) mass is 476 g/mol. The van der Waals surface area contributed by atoms with Crippen molar-refractivity contribution < 1.29 is 27.8 Å². The molecule has 1 aromatic heterocycles. The van der Waals surface area contributed by atoms with Gasteiger partial charge in [0.2, 0.25) is 15.9 Å². The summed E-state index contributed by atoms with van der Waals surface area (Å²) in [5.41, 5.74) is 4.07. The average molecular weight is 477 g/mol. The van der Waals surface area contributed by atoms with Crippen molar-refractivity contribution in [1.82, 2.24) is 9.29 Å². The van der Waals surface area contributed by atoms with Crippen molar-refractivity contribution in [2.75, 3.05) is 33.4 Å². The number of benzene rings is 1. The molecular weight excluding hydrogens is 444 g/mol. The van der Waals surface area contributed by atoms with E-state index in [1.807, 2.05) is 31.2 Å². The molecule has 1 fully saturated rings. The fourth-order valence-corrected chi connectivity index (χ4v) is 5.52. The molecule has 1 saturated heterocycles. The summed E-state index contributed by atoms with van der Waals surface area (Å²) in [4.78, 5) is 16.0. The van der Waals surface area contributed by atoms with Gasteiger partial charge in [0.05, 0.1) is 12.3 Å². The topological polar surface area (TPSA) is 106 Å². The van der Waals surface area contributed by atoms with Crippen LogP contribution >= 0.6 is 0 Å². The lowest BCUT2D eigenvalue weighted by Crippen LogP contribution is -2.51. The number of rotatable bonds is 9. The molecule has 0 unspecified atom stereocenters. The number of carbonyl (C=O) groups is 1. The van der Waals surface area contributed by atoms with E-state index in [0.717, 1.165) is 22.4 Å². The Labute approximate surface area is 195 Å². The van der Waals surface area contributed by atoms with Gasteiger partial charge in [0.25, 0.3) is 0 Å². The number of piperidine rings is 1. The van der Waals surface area contributed by atoms with Gasteiger partial charge in [0.15, 0.2) is 4.75 Å². The average Bonchev–Trinajstić information content (AvgIpc) is 2.79. The first-order valence-electron chi connectivity index (χ1n) is 11.0. The fourth-order valence-electron chi connectivity index (χ4n) is 3.97. The summed E-state index contributed by atoms with van der Waals surface area (Å²) in [5.74, 6) is -0.572. The molecule has 1 aliphatic heterocycles. The third-order valence-corrected chi connectivity index (χ3v) is 8.72. The first-order chi connectivity index (χ1) is 15.6. The number of aliphatic carboxylic acids is 1. The minimum absolute atomic E-state index is 0.216. The van der Waals surface area contributed by atoms with E-state index in [9.17, 15) is 18.3 Å². The second kappa shape index (κ2) is 10.2. The first-order valence-corrected chi connectivity index (χ1v) is 12.4. The third kappa shape index (κ3) is 5.37. The van der Waals surface area contributed by atoms with E-state index < -0.39 is 20.7 Å². The number of hydrogen-bond acceptors (Lipinski definition) is 6. The SMILES string of the molecule is COCCOc1cccc(-c2ccc(C3CCN(S(=O)(=O)C(C)(C)C(=O)O)CC3)cc2C)n1. The Morgan fingerprint density at radius 2 is 1.88 bits per heavy atom. The van der Waals surface area contributed by atoms with Crippen LogP contribution in [0.1, 0.15) is 43.7 Å². The number of hydrogen-bond donors (Lipinski definition) is 1. The number of ether oxygens (including phenoxy) is 2. The van der Waals surface area contributed by atoms with Crippen LogP contribution in [0.4, 0.5) is 0 Å². The van der Waals surface area contributed by atoms with Gasteiger partial charge in [-0.25, -0.2) is 17.7 Å². The lowest BCUT2D eigenvalue weighted by atomic mass is 9.88. The van der Waals surface area contributed by atoms with E-state index in [4.69, 9.17) is 9.47 Å². The summed E-state index contributed by atoms with van der Waals surface area (Å²) in [5, 5.41) is 9.33. The molecule has 0 bridgehead atoms. The summed E-state index contributed by atoms with van der Waals surface area (Å²) in [6.07, 6.45) is 1.30. The molecule has 1 aromatic carbocycles. The van der Waals surface area contributed by atoms with Crippen molar-refractivity contribution in [3.8, 4) is 17.1 Å². The van der Waals surface area contributed by atoms with Crippen molar-refractivity contribution in [2.24, 2.45) is 0 Å². The lowest BCUT2D eigenvalue weighted by Gasteiger charge is -2.35. The second-order valence-corrected chi connectivity index (χ2v) is 11.3. The van der Waals surface area contributed by atoms with Gasteiger partial charge in [-0.1, -0.05) is 24.3 Å². The molecule has 0 spiro atoms. The van der Waals surface area contributed by atoms with Crippen LogP contribution < -0.4 is 4.74 Å². The maximum atomic E-state index is 12.8. The molecule has 8 nitrogen and oxygen atoms in total. The molecule has 180 valence electrons. The standard InChI is InChI=1S/C24H32N2O6S/c1-17-16-19(8-9-20(17)21-6-5-7-22(25-21)32-15-14-31-4)18-10-12-26(13-11-18)33(29,30)24(2,3)23(27)28/h5-9,16,18H,10-15H2,1-4H3,(H,27,28). The minimum Gasteiger partial charge on any atom is -0.480 e. The number of pyridine rings is 1. The maximum Gasteiger partial charge on any atom is 0.325 e. The summed E-state index contributed by atoms with van der Waals surface area (Å²) < 4.78 is 35.7. The molecule has 0 radical (unpaired) electrons. The van der Waals surface area contributed by atoms with E-state index in [-0.39, 0.29) is 5.92 Å². The normalized spacial score (nSPS) is 16.0. The molecule has 0 saturated carbocycles. The van der Waals surface area contributed by atoms with Crippen LogP contribution in [-0.2, 0) is 19.6 Å². The molecule has 0 aliphatic carbocycles. The van der Waals surface area contributed by atoms with Gasteiger partial charge < -0.3 is 14.6 Å². The Kier molecular flexibility index (Phi) is 7.76. The van der Waals surface area contributed by atoms with E-state index >= 15 is 0 Å². The van der Waals surface area contributed by atoms with E-state index in [1.54, 1.807) is 7.11 Å². The molecule has 9 heteroatoms. The molecule has 33 heavy (non-hydrogen) atoms. The van der Waals surface area contributed by atoms with Gasteiger partial charge in [0, 0.05) is 31.8 Å². The van der Waals surface area contributed by atoms with Crippen molar-refractivity contribution in [3.63, 3.8) is 0 Å². The molecule has 3 rings (SSSR count). The third-order valence-electron chi connectivity index (χ3n) is 6.21. The maximum absolute atomic E-state index is 12.8. The fraction of sp³-hybridized carbons (Fsp3) is 0.500. The van der Waals surface area contributed by atoms with Gasteiger partial charge in [-0.05, 0) is 56.7 Å². The predicted octanol–water partition coefficient (Wildman–Crippen LogP) is 3.45. The molecule has 1 aliphatic rings. The van der Waals surface area contributed by atoms with E-state index in [1.165, 1.54) is 18.2 Å². The Morgan fingerprint density at radius 3 is 2.48 bits per heavy atom.